The van der Waals surface area contributed by atoms with E-state index in [2.05, 4.69) is 10.6 Å². The molecule has 0 unspecified atom stereocenters. The predicted molar refractivity (Wildman–Crippen MR) is 115 cm³/mol. The average Bonchev–Trinajstić information content (AvgIpc) is 2.73. The number of aryl methyl sites for hydroxylation is 1. The van der Waals surface area contributed by atoms with Crippen LogP contribution in [0.3, 0.4) is 0 Å². The highest BCUT2D eigenvalue weighted by Crippen LogP contribution is 2.20. The summed E-state index contributed by atoms with van der Waals surface area (Å²) in [4.78, 5) is 37.6. The zero-order valence-corrected chi connectivity index (χ0v) is 17.9. The summed E-state index contributed by atoms with van der Waals surface area (Å²) in [7, 11) is 1.30. The van der Waals surface area contributed by atoms with Crippen LogP contribution in [0, 0.1) is 12.8 Å². The topological polar surface area (TPSA) is 93.7 Å². The third-order valence-corrected chi connectivity index (χ3v) is 4.58. The minimum atomic E-state index is -0.784. The SMILES string of the molecule is CCOc1ccccc1C(=O)N[C@H](C(=O)Nc1cc(C(=O)OC)ccc1C)C(C)C. The summed E-state index contributed by atoms with van der Waals surface area (Å²) in [5.74, 6) is -0.976. The van der Waals surface area contributed by atoms with Crippen molar-refractivity contribution >= 4 is 23.5 Å². The Morgan fingerprint density at radius 2 is 1.77 bits per heavy atom. The molecule has 2 aromatic rings. The Labute approximate surface area is 176 Å². The number of para-hydroxylation sites is 1. The molecule has 0 aliphatic carbocycles. The van der Waals surface area contributed by atoms with E-state index in [0.717, 1.165) is 5.56 Å². The Bertz CT molecular complexity index is 924. The van der Waals surface area contributed by atoms with Gasteiger partial charge in [-0.25, -0.2) is 4.79 Å². The normalized spacial score (nSPS) is 11.5. The number of rotatable bonds is 8. The van der Waals surface area contributed by atoms with Crippen LogP contribution in [0.4, 0.5) is 5.69 Å². The van der Waals surface area contributed by atoms with E-state index in [4.69, 9.17) is 9.47 Å². The second-order valence-electron chi connectivity index (χ2n) is 7.13. The average molecular weight is 412 g/mol. The first-order chi connectivity index (χ1) is 14.3. The standard InChI is InChI=1S/C23H28N2O5/c1-6-30-19-10-8-7-9-17(19)21(26)25-20(14(2)3)22(27)24-18-13-16(23(28)29-5)12-11-15(18)4/h7-14,20H,6H2,1-5H3,(H,24,27)(H,25,26)/t20-/m0/s1. The predicted octanol–water partition coefficient (Wildman–Crippen LogP) is 3.57. The van der Waals surface area contributed by atoms with E-state index in [0.29, 0.717) is 29.2 Å². The van der Waals surface area contributed by atoms with Gasteiger partial charge < -0.3 is 20.1 Å². The van der Waals surface area contributed by atoms with E-state index in [1.54, 1.807) is 42.5 Å². The summed E-state index contributed by atoms with van der Waals surface area (Å²) in [6, 6.07) is 11.0. The minimum absolute atomic E-state index is 0.169. The summed E-state index contributed by atoms with van der Waals surface area (Å²) >= 11 is 0. The number of amides is 2. The molecule has 0 spiro atoms. The van der Waals surface area contributed by atoms with Gasteiger partial charge in [0, 0.05) is 5.69 Å². The fraction of sp³-hybridized carbons (Fsp3) is 0.348. The molecule has 2 aromatic carbocycles. The van der Waals surface area contributed by atoms with E-state index in [-0.39, 0.29) is 11.8 Å². The molecular formula is C23H28N2O5. The highest BCUT2D eigenvalue weighted by molar-refractivity contribution is 6.03. The second-order valence-corrected chi connectivity index (χ2v) is 7.13. The maximum atomic E-state index is 13.0. The highest BCUT2D eigenvalue weighted by atomic mass is 16.5. The summed E-state index contributed by atoms with van der Waals surface area (Å²) in [5.41, 5.74) is 1.96. The van der Waals surface area contributed by atoms with Crippen molar-refractivity contribution in [3.8, 4) is 5.75 Å². The van der Waals surface area contributed by atoms with Crippen LogP contribution < -0.4 is 15.4 Å². The molecule has 0 aliphatic rings. The van der Waals surface area contributed by atoms with Crippen molar-refractivity contribution in [2.24, 2.45) is 5.92 Å². The second kappa shape index (κ2) is 10.4. The summed E-state index contributed by atoms with van der Waals surface area (Å²) < 4.78 is 10.2. The minimum Gasteiger partial charge on any atom is -0.493 e. The number of carbonyl (C=O) groups is 3. The van der Waals surface area contributed by atoms with Gasteiger partial charge in [-0.05, 0) is 49.6 Å². The van der Waals surface area contributed by atoms with Crippen molar-refractivity contribution in [3.63, 3.8) is 0 Å². The Morgan fingerprint density at radius 3 is 2.40 bits per heavy atom. The Kier molecular flexibility index (Phi) is 7.98. The molecule has 30 heavy (non-hydrogen) atoms. The number of anilines is 1. The lowest BCUT2D eigenvalue weighted by Crippen LogP contribution is -2.47. The number of hydrogen-bond donors (Lipinski definition) is 2. The Hall–Kier alpha value is -3.35. The lowest BCUT2D eigenvalue weighted by molar-refractivity contribution is -0.118. The number of ether oxygens (including phenoxy) is 2. The van der Waals surface area contributed by atoms with Crippen LogP contribution >= 0.6 is 0 Å². The molecule has 0 aliphatic heterocycles. The molecule has 2 rings (SSSR count). The lowest BCUT2D eigenvalue weighted by Gasteiger charge is -2.23. The number of esters is 1. The molecule has 0 saturated heterocycles. The summed E-state index contributed by atoms with van der Waals surface area (Å²) in [5, 5.41) is 5.61. The maximum absolute atomic E-state index is 13.0. The third kappa shape index (κ3) is 5.59. The third-order valence-electron chi connectivity index (χ3n) is 4.58. The first-order valence-electron chi connectivity index (χ1n) is 9.81. The van der Waals surface area contributed by atoms with Gasteiger partial charge in [-0.1, -0.05) is 32.0 Å². The van der Waals surface area contributed by atoms with E-state index in [9.17, 15) is 14.4 Å². The zero-order chi connectivity index (χ0) is 22.3. The van der Waals surface area contributed by atoms with Crippen molar-refractivity contribution in [2.45, 2.75) is 33.7 Å². The van der Waals surface area contributed by atoms with Crippen molar-refractivity contribution in [1.29, 1.82) is 0 Å². The molecule has 2 N–H and O–H groups in total. The highest BCUT2D eigenvalue weighted by Gasteiger charge is 2.26. The molecule has 160 valence electrons. The van der Waals surface area contributed by atoms with Crippen LogP contribution in [0.2, 0.25) is 0 Å². The van der Waals surface area contributed by atoms with Crippen LogP contribution in [0.15, 0.2) is 42.5 Å². The van der Waals surface area contributed by atoms with Crippen molar-refractivity contribution in [2.75, 3.05) is 19.0 Å². The summed E-state index contributed by atoms with van der Waals surface area (Å²) in [6.45, 7) is 7.77. The maximum Gasteiger partial charge on any atom is 0.337 e. The number of hydrogen-bond acceptors (Lipinski definition) is 5. The molecule has 0 saturated carbocycles. The van der Waals surface area contributed by atoms with Crippen molar-refractivity contribution in [3.05, 3.63) is 59.2 Å². The molecule has 0 radical (unpaired) electrons. The molecule has 0 heterocycles. The van der Waals surface area contributed by atoms with Crippen molar-refractivity contribution in [1.82, 2.24) is 5.32 Å². The monoisotopic (exact) mass is 412 g/mol. The van der Waals surface area contributed by atoms with E-state index in [1.165, 1.54) is 7.11 Å². The molecule has 2 amide bonds. The first kappa shape index (κ1) is 22.9. The largest absolute Gasteiger partial charge is 0.493 e. The van der Waals surface area contributed by atoms with E-state index in [1.807, 2.05) is 27.7 Å². The molecule has 0 fully saturated rings. The van der Waals surface area contributed by atoms with Gasteiger partial charge in [0.15, 0.2) is 0 Å². The van der Waals surface area contributed by atoms with Crippen LogP contribution in [-0.2, 0) is 9.53 Å². The number of nitrogens with one attached hydrogen (secondary N) is 2. The van der Waals surface area contributed by atoms with E-state index < -0.39 is 17.9 Å². The number of methoxy groups -OCH3 is 1. The van der Waals surface area contributed by atoms with Crippen molar-refractivity contribution < 1.29 is 23.9 Å². The summed E-state index contributed by atoms with van der Waals surface area (Å²) in [6.07, 6.45) is 0. The Balaban J connectivity index is 2.22. The van der Waals surface area contributed by atoms with Gasteiger partial charge in [-0.2, -0.15) is 0 Å². The molecule has 0 bridgehead atoms. The Morgan fingerprint density at radius 1 is 1.07 bits per heavy atom. The fourth-order valence-corrected chi connectivity index (χ4v) is 2.90. The molecule has 7 heteroatoms. The smallest absolute Gasteiger partial charge is 0.337 e. The molecule has 7 nitrogen and oxygen atoms in total. The number of benzene rings is 2. The van der Waals surface area contributed by atoms with Gasteiger partial charge in [-0.3, -0.25) is 9.59 Å². The van der Waals surface area contributed by atoms with Gasteiger partial charge in [0.25, 0.3) is 5.91 Å². The van der Waals surface area contributed by atoms with Crippen LogP contribution in [0.1, 0.15) is 47.1 Å². The zero-order valence-electron chi connectivity index (χ0n) is 17.9. The lowest BCUT2D eigenvalue weighted by atomic mass is 10.0. The van der Waals surface area contributed by atoms with Gasteiger partial charge in [0.1, 0.15) is 11.8 Å². The number of carbonyl (C=O) groups excluding carboxylic acids is 3. The quantitative estimate of drug-likeness (QED) is 0.647. The van der Waals surface area contributed by atoms with Gasteiger partial charge >= 0.3 is 5.97 Å². The molecular weight excluding hydrogens is 384 g/mol. The van der Waals surface area contributed by atoms with Crippen LogP contribution in [0.25, 0.3) is 0 Å². The van der Waals surface area contributed by atoms with Crippen LogP contribution in [0.5, 0.6) is 5.75 Å². The van der Waals surface area contributed by atoms with Gasteiger partial charge in [0.2, 0.25) is 5.91 Å². The van der Waals surface area contributed by atoms with Crippen LogP contribution in [-0.4, -0.2) is 37.5 Å². The first-order valence-corrected chi connectivity index (χ1v) is 9.81. The molecule has 0 aromatic heterocycles. The van der Waals surface area contributed by atoms with Gasteiger partial charge in [0.05, 0.1) is 24.8 Å². The molecule has 1 atom stereocenters. The van der Waals surface area contributed by atoms with Gasteiger partial charge in [-0.15, -0.1) is 0 Å². The van der Waals surface area contributed by atoms with E-state index >= 15 is 0 Å². The fourth-order valence-electron chi connectivity index (χ4n) is 2.90.